The molecule has 0 aromatic heterocycles. The summed E-state index contributed by atoms with van der Waals surface area (Å²) in [4.78, 5) is 26.3. The summed E-state index contributed by atoms with van der Waals surface area (Å²) in [5, 5.41) is 13.8. The average molecular weight is 447 g/mol. The fraction of sp³-hybridized carbons (Fsp3) is 0.259. The number of carbonyl (C=O) groups excluding carboxylic acids is 2. The second-order valence-corrected chi connectivity index (χ2v) is 7.95. The monoisotopic (exact) mass is 446 g/mol. The number of nitrogens with one attached hydrogen (secondary N) is 1. The van der Waals surface area contributed by atoms with Crippen LogP contribution in [0.2, 0.25) is 0 Å². The number of amides is 2. The highest BCUT2D eigenvalue weighted by molar-refractivity contribution is 5.73. The lowest BCUT2D eigenvalue weighted by atomic mass is 10.0. The number of aliphatic hydroxyl groups excluding tert-OH is 1. The van der Waals surface area contributed by atoms with Crippen molar-refractivity contribution in [2.24, 2.45) is 0 Å². The molecule has 0 radical (unpaired) electrons. The largest absolute Gasteiger partial charge is 0.445 e. The quantitative estimate of drug-likeness (QED) is 0.495. The predicted octanol–water partition coefficient (Wildman–Crippen LogP) is 3.93. The van der Waals surface area contributed by atoms with Gasteiger partial charge in [-0.05, 0) is 23.1 Å². The number of aliphatic hydroxyl groups is 1. The van der Waals surface area contributed by atoms with Gasteiger partial charge >= 0.3 is 6.09 Å². The van der Waals surface area contributed by atoms with Gasteiger partial charge in [-0.1, -0.05) is 91.0 Å². The van der Waals surface area contributed by atoms with Crippen LogP contribution in [0.15, 0.2) is 91.0 Å². The lowest BCUT2D eigenvalue weighted by Crippen LogP contribution is -2.50. The first-order valence-corrected chi connectivity index (χ1v) is 11.0. The molecular formula is C27H30N2O4. The third-order valence-corrected chi connectivity index (χ3v) is 5.35. The summed E-state index contributed by atoms with van der Waals surface area (Å²) in [6.45, 7) is 2.07. The van der Waals surface area contributed by atoms with Crippen molar-refractivity contribution in [1.29, 1.82) is 0 Å². The number of ether oxygens (including phenoxy) is 1. The van der Waals surface area contributed by atoms with Gasteiger partial charge in [-0.15, -0.1) is 0 Å². The minimum Gasteiger partial charge on any atom is -0.445 e. The zero-order valence-corrected chi connectivity index (χ0v) is 18.8. The summed E-state index contributed by atoms with van der Waals surface area (Å²) < 4.78 is 5.35. The second-order valence-electron chi connectivity index (χ2n) is 7.95. The van der Waals surface area contributed by atoms with E-state index in [1.54, 1.807) is 4.90 Å². The second kappa shape index (κ2) is 12.4. The van der Waals surface area contributed by atoms with E-state index in [4.69, 9.17) is 4.74 Å². The van der Waals surface area contributed by atoms with Crippen molar-refractivity contribution in [2.45, 2.75) is 38.6 Å². The number of rotatable bonds is 10. The number of hydrogen-bond acceptors (Lipinski definition) is 4. The lowest BCUT2D eigenvalue weighted by molar-refractivity contribution is -0.131. The lowest BCUT2D eigenvalue weighted by Gasteiger charge is -2.29. The molecule has 3 aromatic carbocycles. The third kappa shape index (κ3) is 8.09. The number of alkyl carbamates (subject to hydrolysis) is 1. The zero-order chi connectivity index (χ0) is 23.5. The molecule has 0 spiro atoms. The van der Waals surface area contributed by atoms with Gasteiger partial charge in [-0.25, -0.2) is 4.79 Å². The van der Waals surface area contributed by atoms with Crippen molar-refractivity contribution < 1.29 is 19.4 Å². The van der Waals surface area contributed by atoms with E-state index in [-0.39, 0.29) is 19.1 Å². The van der Waals surface area contributed by atoms with Crippen LogP contribution in [0.3, 0.4) is 0 Å². The minimum absolute atomic E-state index is 0.0840. The van der Waals surface area contributed by atoms with E-state index in [1.807, 2.05) is 91.0 Å². The zero-order valence-electron chi connectivity index (χ0n) is 18.8. The van der Waals surface area contributed by atoms with Gasteiger partial charge in [0, 0.05) is 20.0 Å². The summed E-state index contributed by atoms with van der Waals surface area (Å²) in [6, 6.07) is 28.0. The molecule has 172 valence electrons. The van der Waals surface area contributed by atoms with Crippen molar-refractivity contribution in [3.8, 4) is 0 Å². The first kappa shape index (κ1) is 24.0. The Hall–Kier alpha value is -3.64. The van der Waals surface area contributed by atoms with Crippen molar-refractivity contribution >= 4 is 12.0 Å². The Morgan fingerprint density at radius 3 is 1.91 bits per heavy atom. The molecule has 1 unspecified atom stereocenters. The SMILES string of the molecule is CC(=O)N(Cc1ccccc1)C[C@@H](O)C(Cc1ccccc1)NC(=O)OCc1ccccc1. The highest BCUT2D eigenvalue weighted by atomic mass is 16.5. The highest BCUT2D eigenvalue weighted by Crippen LogP contribution is 2.12. The summed E-state index contributed by atoms with van der Waals surface area (Å²) in [5.41, 5.74) is 2.80. The van der Waals surface area contributed by atoms with Crippen molar-refractivity contribution in [3.63, 3.8) is 0 Å². The molecular weight excluding hydrogens is 416 g/mol. The van der Waals surface area contributed by atoms with E-state index in [0.29, 0.717) is 13.0 Å². The van der Waals surface area contributed by atoms with Gasteiger partial charge < -0.3 is 20.1 Å². The normalized spacial score (nSPS) is 12.4. The standard InChI is InChI=1S/C27H30N2O4/c1-21(30)29(18-23-13-7-3-8-14-23)19-26(31)25(17-22-11-5-2-6-12-22)28-27(32)33-20-24-15-9-4-10-16-24/h2-16,25-26,31H,17-20H2,1H3,(H,28,32)/t25?,26-/m1/s1. The van der Waals surface area contributed by atoms with Gasteiger partial charge in [-0.3, -0.25) is 4.79 Å². The Kier molecular flexibility index (Phi) is 9.03. The molecule has 0 aliphatic heterocycles. The van der Waals surface area contributed by atoms with Crippen LogP contribution in [-0.4, -0.2) is 40.7 Å². The molecule has 3 aromatic rings. The van der Waals surface area contributed by atoms with Crippen LogP contribution in [0.1, 0.15) is 23.6 Å². The Bertz CT molecular complexity index is 996. The molecule has 0 heterocycles. The van der Waals surface area contributed by atoms with Gasteiger partial charge in [0.1, 0.15) is 6.61 Å². The van der Waals surface area contributed by atoms with E-state index >= 15 is 0 Å². The van der Waals surface area contributed by atoms with Crippen LogP contribution >= 0.6 is 0 Å². The van der Waals surface area contributed by atoms with Crippen molar-refractivity contribution in [3.05, 3.63) is 108 Å². The van der Waals surface area contributed by atoms with E-state index < -0.39 is 18.2 Å². The molecule has 0 aliphatic carbocycles. The maximum Gasteiger partial charge on any atom is 0.407 e. The van der Waals surface area contributed by atoms with Crippen LogP contribution in [-0.2, 0) is 29.1 Å². The molecule has 0 bridgehead atoms. The number of nitrogens with zero attached hydrogens (tertiary/aromatic N) is 1. The van der Waals surface area contributed by atoms with Crippen LogP contribution < -0.4 is 5.32 Å². The fourth-order valence-electron chi connectivity index (χ4n) is 3.53. The summed E-state index contributed by atoms with van der Waals surface area (Å²) >= 11 is 0. The topological polar surface area (TPSA) is 78.9 Å². The van der Waals surface area contributed by atoms with Crippen LogP contribution in [0.4, 0.5) is 4.79 Å². The van der Waals surface area contributed by atoms with E-state index in [9.17, 15) is 14.7 Å². The predicted molar refractivity (Wildman–Crippen MR) is 127 cm³/mol. The van der Waals surface area contributed by atoms with Gasteiger partial charge in [0.2, 0.25) is 5.91 Å². The van der Waals surface area contributed by atoms with E-state index in [0.717, 1.165) is 16.7 Å². The molecule has 6 nitrogen and oxygen atoms in total. The number of hydrogen-bond donors (Lipinski definition) is 2. The van der Waals surface area contributed by atoms with Gasteiger partial charge in [0.05, 0.1) is 12.1 Å². The Morgan fingerprint density at radius 2 is 1.36 bits per heavy atom. The Morgan fingerprint density at radius 1 is 0.848 bits per heavy atom. The minimum atomic E-state index is -0.984. The summed E-state index contributed by atoms with van der Waals surface area (Å²) in [5.74, 6) is -0.150. The van der Waals surface area contributed by atoms with Gasteiger partial charge in [0.25, 0.3) is 0 Å². The molecule has 33 heavy (non-hydrogen) atoms. The Labute approximate surface area is 194 Å². The van der Waals surface area contributed by atoms with E-state index in [1.165, 1.54) is 6.92 Å². The Balaban J connectivity index is 1.67. The van der Waals surface area contributed by atoms with Crippen LogP contribution in [0.25, 0.3) is 0 Å². The molecule has 0 aliphatic rings. The smallest absolute Gasteiger partial charge is 0.407 e. The molecule has 2 amide bonds. The number of carbonyl (C=O) groups is 2. The maximum absolute atomic E-state index is 12.5. The molecule has 0 saturated heterocycles. The molecule has 3 rings (SSSR count). The molecule has 2 atom stereocenters. The van der Waals surface area contributed by atoms with Gasteiger partial charge in [-0.2, -0.15) is 0 Å². The van der Waals surface area contributed by atoms with Crippen LogP contribution in [0, 0.1) is 0 Å². The maximum atomic E-state index is 12.5. The van der Waals surface area contributed by atoms with E-state index in [2.05, 4.69) is 5.32 Å². The molecule has 2 N–H and O–H groups in total. The average Bonchev–Trinajstić information content (AvgIpc) is 2.84. The van der Waals surface area contributed by atoms with Gasteiger partial charge in [0.15, 0.2) is 0 Å². The molecule has 6 heteroatoms. The summed E-state index contributed by atoms with van der Waals surface area (Å²) in [7, 11) is 0. The van der Waals surface area contributed by atoms with Crippen molar-refractivity contribution in [1.82, 2.24) is 10.2 Å². The highest BCUT2D eigenvalue weighted by Gasteiger charge is 2.26. The fourth-order valence-corrected chi connectivity index (χ4v) is 3.53. The molecule has 0 fully saturated rings. The van der Waals surface area contributed by atoms with Crippen LogP contribution in [0.5, 0.6) is 0 Å². The summed E-state index contributed by atoms with van der Waals surface area (Å²) in [6.07, 6.45) is -1.20. The number of benzene rings is 3. The van der Waals surface area contributed by atoms with Crippen molar-refractivity contribution in [2.75, 3.05) is 6.54 Å². The first-order valence-electron chi connectivity index (χ1n) is 11.0. The molecule has 0 saturated carbocycles. The first-order chi connectivity index (χ1) is 16.0. The third-order valence-electron chi connectivity index (χ3n) is 5.35.